The summed E-state index contributed by atoms with van der Waals surface area (Å²) < 4.78 is 0. The predicted molar refractivity (Wildman–Crippen MR) is 128 cm³/mol. The molecule has 7 heteroatoms. The first-order chi connectivity index (χ1) is 14.6. The fraction of sp³-hybridized carbons (Fsp3) is 0.304. The summed E-state index contributed by atoms with van der Waals surface area (Å²) in [5.74, 6) is 1.49. The molecule has 1 amide bonds. The van der Waals surface area contributed by atoms with Gasteiger partial charge in [0, 0.05) is 27.4 Å². The number of nitrogens with one attached hydrogen (secondary N) is 2. The monoisotopic (exact) mass is 438 g/mol. The number of hydrogen-bond acceptors (Lipinski definition) is 3. The molecule has 4 N–H and O–H groups in total. The minimum atomic E-state index is -0.438. The van der Waals surface area contributed by atoms with Crippen LogP contribution in [0.2, 0.25) is 0 Å². The summed E-state index contributed by atoms with van der Waals surface area (Å²) in [7, 11) is 0. The average Bonchev–Trinajstić information content (AvgIpc) is 3.30. The molecule has 4 rings (SSSR count). The van der Waals surface area contributed by atoms with Gasteiger partial charge in [-0.2, -0.15) is 0 Å². The van der Waals surface area contributed by atoms with Crippen molar-refractivity contribution in [2.45, 2.75) is 32.1 Å². The first kappa shape index (κ1) is 22.1. The number of carbonyl (C=O) groups excluding carboxylic acids is 1. The van der Waals surface area contributed by atoms with Gasteiger partial charge in [0.05, 0.1) is 19.0 Å². The SMILES string of the molecule is C1CC[NH2+]CC1.CC1=C(C(=O)Nc2ccccc2)C(c2cccs2)C(=C=[N-])C(=S)N1. The van der Waals surface area contributed by atoms with E-state index < -0.39 is 5.92 Å². The highest BCUT2D eigenvalue weighted by Crippen LogP contribution is 2.38. The van der Waals surface area contributed by atoms with Crippen LogP contribution in [0.5, 0.6) is 0 Å². The summed E-state index contributed by atoms with van der Waals surface area (Å²) in [5, 5.41) is 19.7. The molecule has 2 aromatic rings. The van der Waals surface area contributed by atoms with Crippen molar-refractivity contribution < 1.29 is 10.1 Å². The van der Waals surface area contributed by atoms with Gasteiger partial charge >= 0.3 is 0 Å². The Kier molecular flexibility index (Phi) is 8.11. The van der Waals surface area contributed by atoms with Crippen molar-refractivity contribution in [1.29, 1.82) is 0 Å². The Labute approximate surface area is 186 Å². The van der Waals surface area contributed by atoms with Gasteiger partial charge in [-0.25, -0.2) is 0 Å². The molecular formula is C23H26N4OS2. The number of thiocarbonyl (C=S) groups is 1. The van der Waals surface area contributed by atoms with E-state index in [2.05, 4.69) is 21.8 Å². The maximum Gasteiger partial charge on any atom is 0.254 e. The van der Waals surface area contributed by atoms with Gasteiger partial charge in [0.2, 0.25) is 0 Å². The largest absolute Gasteiger partial charge is 0.763 e. The van der Waals surface area contributed by atoms with Crippen molar-refractivity contribution in [3.8, 4) is 0 Å². The first-order valence-corrected chi connectivity index (χ1v) is 11.4. The molecule has 5 nitrogen and oxygen atoms in total. The molecular weight excluding hydrogens is 412 g/mol. The quantitative estimate of drug-likeness (QED) is 0.389. The molecule has 0 bridgehead atoms. The number of hydrogen-bond donors (Lipinski definition) is 3. The number of nitrogens with zero attached hydrogens (tertiary/aromatic N) is 1. The Morgan fingerprint density at radius 1 is 1.20 bits per heavy atom. The lowest BCUT2D eigenvalue weighted by Crippen LogP contribution is -2.85. The molecule has 0 aliphatic carbocycles. The number of para-hydroxylation sites is 1. The van der Waals surface area contributed by atoms with E-state index >= 15 is 0 Å². The van der Waals surface area contributed by atoms with E-state index in [1.54, 1.807) is 6.92 Å². The third kappa shape index (κ3) is 5.52. The van der Waals surface area contributed by atoms with E-state index in [-0.39, 0.29) is 5.91 Å². The van der Waals surface area contributed by atoms with Gasteiger partial charge < -0.3 is 21.4 Å². The molecule has 1 atom stereocenters. The number of benzene rings is 1. The minimum Gasteiger partial charge on any atom is -0.763 e. The summed E-state index contributed by atoms with van der Waals surface area (Å²) in [6, 6.07) is 13.1. The van der Waals surface area contributed by atoms with Crippen LogP contribution in [0.25, 0.3) is 5.41 Å². The highest BCUT2D eigenvalue weighted by atomic mass is 32.1. The van der Waals surface area contributed by atoms with Crippen LogP contribution in [0.1, 0.15) is 37.0 Å². The average molecular weight is 439 g/mol. The number of piperidine rings is 1. The van der Waals surface area contributed by atoms with Crippen molar-refractivity contribution in [2.24, 2.45) is 0 Å². The predicted octanol–water partition coefficient (Wildman–Crippen LogP) is 3.57. The number of anilines is 1. The Hall–Kier alpha value is -2.57. The van der Waals surface area contributed by atoms with Crippen molar-refractivity contribution in [1.82, 2.24) is 5.32 Å². The molecule has 1 aromatic heterocycles. The zero-order valence-electron chi connectivity index (χ0n) is 17.0. The number of quaternary nitrogens is 1. The summed E-state index contributed by atoms with van der Waals surface area (Å²) >= 11 is 6.80. The molecule has 1 saturated heterocycles. The second-order valence-corrected chi connectivity index (χ2v) is 8.60. The van der Waals surface area contributed by atoms with Crippen molar-refractivity contribution in [3.05, 3.63) is 75.0 Å². The van der Waals surface area contributed by atoms with Gasteiger partial charge in [-0.3, -0.25) is 10.7 Å². The molecule has 30 heavy (non-hydrogen) atoms. The van der Waals surface area contributed by atoms with Gasteiger partial charge in [-0.15, -0.1) is 11.3 Å². The summed E-state index contributed by atoms with van der Waals surface area (Å²) in [6.45, 7) is 4.56. The van der Waals surface area contributed by atoms with Crippen LogP contribution in [0.4, 0.5) is 5.69 Å². The van der Waals surface area contributed by atoms with Crippen molar-refractivity contribution in [2.75, 3.05) is 18.4 Å². The van der Waals surface area contributed by atoms with E-state index in [4.69, 9.17) is 12.2 Å². The van der Waals surface area contributed by atoms with Gasteiger partial charge in [0.15, 0.2) is 0 Å². The van der Waals surface area contributed by atoms with E-state index in [0.717, 1.165) is 4.88 Å². The molecule has 0 saturated carbocycles. The number of rotatable bonds is 3. The third-order valence-electron chi connectivity index (χ3n) is 5.07. The molecule has 2 aliphatic heterocycles. The lowest BCUT2D eigenvalue weighted by Gasteiger charge is -2.30. The number of nitrogens with two attached hydrogens (primary N) is 1. The van der Waals surface area contributed by atoms with Crippen LogP contribution < -0.4 is 16.0 Å². The molecule has 1 aromatic carbocycles. The topological polar surface area (TPSA) is 80.0 Å². The number of thiophene rings is 1. The smallest absolute Gasteiger partial charge is 0.254 e. The van der Waals surface area contributed by atoms with Crippen molar-refractivity contribution in [3.63, 3.8) is 0 Å². The molecule has 2 aliphatic rings. The van der Waals surface area contributed by atoms with Crippen LogP contribution in [-0.4, -0.2) is 29.9 Å². The number of amides is 1. The van der Waals surface area contributed by atoms with Crippen molar-refractivity contribution >= 4 is 46.0 Å². The Morgan fingerprint density at radius 3 is 2.47 bits per heavy atom. The summed E-state index contributed by atoms with van der Waals surface area (Å²) in [6.07, 6.45) is 4.36. The molecule has 0 radical (unpaired) electrons. The summed E-state index contributed by atoms with van der Waals surface area (Å²) in [4.78, 5) is 14.2. The molecule has 0 spiro atoms. The lowest BCUT2D eigenvalue weighted by molar-refractivity contribution is -0.662. The second kappa shape index (κ2) is 11.0. The Bertz CT molecular complexity index is 945. The molecule has 1 unspecified atom stereocenters. The Balaban J connectivity index is 0.000000367. The van der Waals surface area contributed by atoms with Gasteiger partial charge in [0.1, 0.15) is 4.99 Å². The van der Waals surface area contributed by atoms with E-state index in [1.165, 1.54) is 43.7 Å². The third-order valence-corrected chi connectivity index (χ3v) is 6.33. The zero-order valence-corrected chi connectivity index (χ0v) is 18.6. The van der Waals surface area contributed by atoms with E-state index in [9.17, 15) is 10.2 Å². The van der Waals surface area contributed by atoms with Gasteiger partial charge in [0.25, 0.3) is 5.91 Å². The number of allylic oxidation sites excluding steroid dienone is 1. The highest BCUT2D eigenvalue weighted by Gasteiger charge is 2.34. The van der Waals surface area contributed by atoms with E-state index in [1.807, 2.05) is 47.8 Å². The van der Waals surface area contributed by atoms with Crippen LogP contribution in [-0.2, 0) is 4.79 Å². The van der Waals surface area contributed by atoms with Crippen LogP contribution in [0, 0.1) is 0 Å². The normalized spacial score (nSPS) is 18.6. The van der Waals surface area contributed by atoms with Crippen LogP contribution >= 0.6 is 23.6 Å². The van der Waals surface area contributed by atoms with Crippen LogP contribution in [0.15, 0.2) is 64.7 Å². The maximum atomic E-state index is 12.9. The minimum absolute atomic E-state index is 0.236. The lowest BCUT2D eigenvalue weighted by atomic mass is 9.85. The Morgan fingerprint density at radius 2 is 1.93 bits per heavy atom. The fourth-order valence-electron chi connectivity index (χ4n) is 3.57. The zero-order chi connectivity index (χ0) is 21.3. The maximum absolute atomic E-state index is 12.9. The number of carbonyl (C=O) groups is 1. The molecule has 1 fully saturated rings. The summed E-state index contributed by atoms with van der Waals surface area (Å²) in [5.41, 5.74) is 2.30. The standard InChI is InChI=1S/C18H14N3OS2.C5H11N/c1-11-15(17(22)21-12-6-3-2-4-7-12)16(14-8-5-9-24-14)13(10-19)18(23)20-11;1-2-4-6-5-3-1/h2-9,16H,1H3,(H,20,23)(H,21,22);6H,1-5H2/q-1;/p+1. The first-order valence-electron chi connectivity index (χ1n) is 10.1. The second-order valence-electron chi connectivity index (χ2n) is 7.21. The van der Waals surface area contributed by atoms with Crippen LogP contribution in [0.3, 0.4) is 0 Å². The van der Waals surface area contributed by atoms with Gasteiger partial charge in [-0.05, 0) is 49.8 Å². The van der Waals surface area contributed by atoms with Gasteiger partial charge in [-0.1, -0.05) is 36.5 Å². The fourth-order valence-corrected chi connectivity index (χ4v) is 4.73. The molecule has 156 valence electrons. The highest BCUT2D eigenvalue weighted by molar-refractivity contribution is 7.80. The van der Waals surface area contributed by atoms with E-state index in [0.29, 0.717) is 27.5 Å². The molecule has 3 heterocycles.